The Hall–Kier alpha value is -1.66. The van der Waals surface area contributed by atoms with E-state index in [0.717, 1.165) is 31.6 Å². The predicted molar refractivity (Wildman–Crippen MR) is 72.7 cm³/mol. The summed E-state index contributed by atoms with van der Waals surface area (Å²) in [6, 6.07) is 3.53. The molecule has 0 spiro atoms. The lowest BCUT2D eigenvalue weighted by Gasteiger charge is -2.23. The number of aryl methyl sites for hydroxylation is 1. The normalized spacial score (nSPS) is 18.9. The number of nitrogens with two attached hydrogens (primary N) is 1. The average molecular weight is 264 g/mol. The minimum absolute atomic E-state index is 0.0915. The van der Waals surface area contributed by atoms with Gasteiger partial charge in [0.05, 0.1) is 12.6 Å². The number of hydrogen-bond donors (Lipinski definition) is 3. The Labute approximate surface area is 112 Å². The third-order valence-electron chi connectivity index (χ3n) is 3.15. The van der Waals surface area contributed by atoms with Gasteiger partial charge >= 0.3 is 0 Å². The SMILES string of the molecule is CCc1cc(C(=O)NC2CCCOC2)cc(NN)n1. The first-order valence-electron chi connectivity index (χ1n) is 6.59. The molecule has 6 heteroatoms. The Bertz CT molecular complexity index is 422. The first-order chi connectivity index (χ1) is 9.22. The van der Waals surface area contributed by atoms with Crippen molar-refractivity contribution >= 4 is 11.7 Å². The van der Waals surface area contributed by atoms with Crippen molar-refractivity contribution in [3.63, 3.8) is 0 Å². The van der Waals surface area contributed by atoms with E-state index >= 15 is 0 Å². The maximum atomic E-state index is 12.2. The van der Waals surface area contributed by atoms with Gasteiger partial charge in [0.25, 0.3) is 5.91 Å². The van der Waals surface area contributed by atoms with Gasteiger partial charge in [-0.25, -0.2) is 10.8 Å². The molecule has 0 radical (unpaired) electrons. The van der Waals surface area contributed by atoms with Gasteiger partial charge in [-0.15, -0.1) is 0 Å². The summed E-state index contributed by atoms with van der Waals surface area (Å²) in [7, 11) is 0. The van der Waals surface area contributed by atoms with Crippen molar-refractivity contribution in [2.24, 2.45) is 5.84 Å². The highest BCUT2D eigenvalue weighted by Crippen LogP contribution is 2.12. The summed E-state index contributed by atoms with van der Waals surface area (Å²) in [6.07, 6.45) is 2.69. The molecule has 1 amide bonds. The van der Waals surface area contributed by atoms with Crippen LogP contribution in [-0.2, 0) is 11.2 Å². The standard InChI is InChI=1S/C13H20N4O2/c1-2-10-6-9(7-12(15-10)17-14)13(18)16-11-4-3-5-19-8-11/h6-7,11H,2-5,8,14H2,1H3,(H,15,17)(H,16,18). The second kappa shape index (κ2) is 6.49. The Kier molecular flexibility index (Phi) is 4.70. The van der Waals surface area contributed by atoms with E-state index in [0.29, 0.717) is 18.0 Å². The summed E-state index contributed by atoms with van der Waals surface area (Å²) in [5.74, 6) is 5.76. The zero-order chi connectivity index (χ0) is 13.7. The molecule has 19 heavy (non-hydrogen) atoms. The summed E-state index contributed by atoms with van der Waals surface area (Å²) in [6.45, 7) is 3.35. The van der Waals surface area contributed by atoms with Crippen molar-refractivity contribution in [1.29, 1.82) is 0 Å². The molecule has 0 saturated carbocycles. The van der Waals surface area contributed by atoms with E-state index in [1.54, 1.807) is 12.1 Å². The highest BCUT2D eigenvalue weighted by molar-refractivity contribution is 5.95. The number of nitrogens with one attached hydrogen (secondary N) is 2. The van der Waals surface area contributed by atoms with Gasteiger partial charge in [0.1, 0.15) is 5.82 Å². The predicted octanol–water partition coefficient (Wildman–Crippen LogP) is 0.838. The number of pyridine rings is 1. The monoisotopic (exact) mass is 264 g/mol. The van der Waals surface area contributed by atoms with Gasteiger partial charge in [-0.2, -0.15) is 0 Å². The van der Waals surface area contributed by atoms with Gasteiger partial charge in [-0.1, -0.05) is 6.92 Å². The van der Waals surface area contributed by atoms with Crippen molar-refractivity contribution in [2.45, 2.75) is 32.2 Å². The number of nitrogens with zero attached hydrogens (tertiary/aromatic N) is 1. The number of carbonyl (C=O) groups excluding carboxylic acids is 1. The first-order valence-corrected chi connectivity index (χ1v) is 6.59. The van der Waals surface area contributed by atoms with E-state index in [9.17, 15) is 4.79 Å². The number of hydrogen-bond acceptors (Lipinski definition) is 5. The lowest BCUT2D eigenvalue weighted by molar-refractivity contribution is 0.0624. The first kappa shape index (κ1) is 13.8. The lowest BCUT2D eigenvalue weighted by atomic mass is 10.1. The van der Waals surface area contributed by atoms with Crippen LogP contribution in [0.5, 0.6) is 0 Å². The molecular weight excluding hydrogens is 244 g/mol. The van der Waals surface area contributed by atoms with E-state index in [-0.39, 0.29) is 11.9 Å². The minimum Gasteiger partial charge on any atom is -0.379 e. The van der Waals surface area contributed by atoms with E-state index < -0.39 is 0 Å². The van der Waals surface area contributed by atoms with E-state index in [1.807, 2.05) is 6.92 Å². The van der Waals surface area contributed by atoms with Crippen LogP contribution in [0.4, 0.5) is 5.82 Å². The maximum Gasteiger partial charge on any atom is 0.251 e. The summed E-state index contributed by atoms with van der Waals surface area (Å²) >= 11 is 0. The lowest BCUT2D eigenvalue weighted by Crippen LogP contribution is -2.40. The highest BCUT2D eigenvalue weighted by Gasteiger charge is 2.17. The largest absolute Gasteiger partial charge is 0.379 e. The van der Waals surface area contributed by atoms with Gasteiger partial charge in [0.2, 0.25) is 0 Å². The molecule has 1 atom stereocenters. The molecule has 1 fully saturated rings. The topological polar surface area (TPSA) is 89.3 Å². The average Bonchev–Trinajstić information content (AvgIpc) is 2.47. The minimum atomic E-state index is -0.107. The van der Waals surface area contributed by atoms with Gasteiger partial charge in [0, 0.05) is 17.9 Å². The molecule has 2 heterocycles. The summed E-state index contributed by atoms with van der Waals surface area (Å²) < 4.78 is 5.35. The van der Waals surface area contributed by atoms with Crippen LogP contribution in [0.3, 0.4) is 0 Å². The summed E-state index contributed by atoms with van der Waals surface area (Å²) in [4.78, 5) is 16.4. The van der Waals surface area contributed by atoms with Crippen molar-refractivity contribution < 1.29 is 9.53 Å². The van der Waals surface area contributed by atoms with Crippen LogP contribution >= 0.6 is 0 Å². The van der Waals surface area contributed by atoms with E-state index in [2.05, 4.69) is 15.7 Å². The number of aromatic nitrogens is 1. The Morgan fingerprint density at radius 3 is 3.05 bits per heavy atom. The maximum absolute atomic E-state index is 12.2. The number of ether oxygens (including phenoxy) is 1. The van der Waals surface area contributed by atoms with Crippen LogP contribution in [0, 0.1) is 0 Å². The summed E-state index contributed by atoms with van der Waals surface area (Å²) in [5.41, 5.74) is 3.89. The third-order valence-corrected chi connectivity index (χ3v) is 3.15. The Balaban J connectivity index is 2.08. The molecule has 1 aliphatic heterocycles. The molecule has 1 aromatic rings. The van der Waals surface area contributed by atoms with Crippen LogP contribution in [0.25, 0.3) is 0 Å². The molecule has 6 nitrogen and oxygen atoms in total. The molecule has 2 rings (SSSR count). The quantitative estimate of drug-likeness (QED) is 0.554. The van der Waals surface area contributed by atoms with Crippen molar-refractivity contribution in [1.82, 2.24) is 10.3 Å². The van der Waals surface area contributed by atoms with Gasteiger partial charge < -0.3 is 15.5 Å². The van der Waals surface area contributed by atoms with Crippen LogP contribution in [-0.4, -0.2) is 30.1 Å². The zero-order valence-electron chi connectivity index (χ0n) is 11.1. The molecule has 1 saturated heterocycles. The second-order valence-electron chi connectivity index (χ2n) is 4.62. The van der Waals surface area contributed by atoms with Crippen LogP contribution in [0.1, 0.15) is 35.8 Å². The number of carbonyl (C=O) groups is 1. The fraction of sp³-hybridized carbons (Fsp3) is 0.538. The molecule has 1 aliphatic rings. The fourth-order valence-corrected chi connectivity index (χ4v) is 2.10. The highest BCUT2D eigenvalue weighted by atomic mass is 16.5. The number of anilines is 1. The second-order valence-corrected chi connectivity index (χ2v) is 4.62. The summed E-state index contributed by atoms with van der Waals surface area (Å²) in [5, 5.41) is 2.98. The third kappa shape index (κ3) is 3.65. The van der Waals surface area contributed by atoms with Crippen LogP contribution in [0.2, 0.25) is 0 Å². The van der Waals surface area contributed by atoms with Crippen LogP contribution in [0.15, 0.2) is 12.1 Å². The smallest absolute Gasteiger partial charge is 0.251 e. The Morgan fingerprint density at radius 1 is 1.58 bits per heavy atom. The number of amides is 1. The van der Waals surface area contributed by atoms with Crippen molar-refractivity contribution in [2.75, 3.05) is 18.6 Å². The molecule has 0 aliphatic carbocycles. The number of hydrazine groups is 1. The van der Waals surface area contributed by atoms with Crippen molar-refractivity contribution in [3.8, 4) is 0 Å². The van der Waals surface area contributed by atoms with Gasteiger partial charge in [-0.3, -0.25) is 4.79 Å². The molecule has 0 bridgehead atoms. The zero-order valence-corrected chi connectivity index (χ0v) is 11.1. The molecule has 4 N–H and O–H groups in total. The Morgan fingerprint density at radius 2 is 2.42 bits per heavy atom. The van der Waals surface area contributed by atoms with E-state index in [4.69, 9.17) is 10.6 Å². The molecular formula is C13H20N4O2. The van der Waals surface area contributed by atoms with Crippen LogP contribution < -0.4 is 16.6 Å². The molecule has 104 valence electrons. The molecule has 0 aromatic carbocycles. The fourth-order valence-electron chi connectivity index (χ4n) is 2.10. The number of rotatable bonds is 4. The van der Waals surface area contributed by atoms with Crippen molar-refractivity contribution in [3.05, 3.63) is 23.4 Å². The van der Waals surface area contributed by atoms with Gasteiger partial charge in [0.15, 0.2) is 0 Å². The van der Waals surface area contributed by atoms with E-state index in [1.165, 1.54) is 0 Å². The molecule has 1 unspecified atom stereocenters. The molecule has 1 aromatic heterocycles. The van der Waals surface area contributed by atoms with Gasteiger partial charge in [-0.05, 0) is 31.4 Å². The number of nitrogen functional groups attached to an aromatic ring is 1.